The Morgan fingerprint density at radius 3 is 2.79 bits per heavy atom. The van der Waals surface area contributed by atoms with E-state index in [0.29, 0.717) is 18.7 Å². The quantitative estimate of drug-likeness (QED) is 0.744. The molecule has 14 heavy (non-hydrogen) atoms. The largest absolute Gasteiger partial charge is 0.342 e. The van der Waals surface area contributed by atoms with Gasteiger partial charge < -0.3 is 0 Å². The van der Waals surface area contributed by atoms with Gasteiger partial charge in [0.05, 0.1) is 0 Å². The molecule has 0 unspecified atom stereocenters. The van der Waals surface area contributed by atoms with E-state index in [0.717, 1.165) is 6.42 Å². The van der Waals surface area contributed by atoms with Gasteiger partial charge in [0.2, 0.25) is 0 Å². The maximum atomic E-state index is 12.1. The van der Waals surface area contributed by atoms with Crippen LogP contribution in [-0.2, 0) is 22.8 Å². The molecule has 0 saturated heterocycles. The number of aromatic nitrogens is 2. The molecule has 0 atom stereocenters. The number of hydrogen-bond acceptors (Lipinski definition) is 3. The Morgan fingerprint density at radius 2 is 2.21 bits per heavy atom. The van der Waals surface area contributed by atoms with Crippen LogP contribution in [0.15, 0.2) is 11.1 Å². The summed E-state index contributed by atoms with van der Waals surface area (Å²) < 4.78 is 47.7. The lowest BCUT2D eigenvalue weighted by Crippen LogP contribution is -2.12. The molecule has 0 amide bonds. The molecule has 0 saturated carbocycles. The molecule has 0 fully saturated rings. The smallest absolute Gasteiger partial charge is 0.268 e. The molecule has 0 bridgehead atoms. The van der Waals surface area contributed by atoms with Gasteiger partial charge in [0.25, 0.3) is 9.84 Å². The van der Waals surface area contributed by atoms with E-state index < -0.39 is 20.6 Å². The van der Waals surface area contributed by atoms with Crippen molar-refractivity contribution in [1.29, 1.82) is 0 Å². The van der Waals surface area contributed by atoms with Gasteiger partial charge >= 0.3 is 5.76 Å². The van der Waals surface area contributed by atoms with Crippen molar-refractivity contribution < 1.29 is 17.2 Å². The summed E-state index contributed by atoms with van der Waals surface area (Å²) in [7, 11) is -4.52. The highest BCUT2D eigenvalue weighted by molar-refractivity contribution is 7.91. The number of hydrogen-bond donors (Lipinski definition) is 0. The summed E-state index contributed by atoms with van der Waals surface area (Å²) in [6.07, 6.45) is 1.59. The Morgan fingerprint density at radius 1 is 1.50 bits per heavy atom. The van der Waals surface area contributed by atoms with Gasteiger partial charge in [-0.25, -0.2) is 8.42 Å². The van der Waals surface area contributed by atoms with Crippen LogP contribution in [0, 0.1) is 0 Å². The fraction of sp³-hybridized carbons (Fsp3) is 0.571. The van der Waals surface area contributed by atoms with E-state index in [9.17, 15) is 17.2 Å². The van der Waals surface area contributed by atoms with Gasteiger partial charge in [-0.15, -0.1) is 0 Å². The summed E-state index contributed by atoms with van der Waals surface area (Å²) in [5.41, 5.74) is 0.712. The number of aryl methyl sites for hydroxylation is 2. The van der Waals surface area contributed by atoms with Gasteiger partial charge in [0, 0.05) is 12.2 Å². The maximum Gasteiger partial charge on any atom is 0.342 e. The van der Waals surface area contributed by atoms with Crippen molar-refractivity contribution in [2.75, 3.05) is 0 Å². The molecule has 0 radical (unpaired) electrons. The zero-order valence-corrected chi connectivity index (χ0v) is 7.97. The minimum atomic E-state index is -4.52. The van der Waals surface area contributed by atoms with Crippen molar-refractivity contribution in [3.8, 4) is 0 Å². The van der Waals surface area contributed by atoms with Gasteiger partial charge in [-0.3, -0.25) is 4.68 Å². The molecule has 0 N–H and O–H groups in total. The molecule has 78 valence electrons. The summed E-state index contributed by atoms with van der Waals surface area (Å²) in [6.45, 7) is 0.605. The summed E-state index contributed by atoms with van der Waals surface area (Å²) in [6, 6.07) is 1.23. The van der Waals surface area contributed by atoms with E-state index in [1.165, 1.54) is 10.7 Å². The molecule has 0 aliphatic carbocycles. The Balaban J connectivity index is 2.44. The lowest BCUT2D eigenvalue weighted by atomic mass is 10.3. The van der Waals surface area contributed by atoms with Crippen molar-refractivity contribution >= 4 is 9.84 Å². The number of fused-ring (bicyclic) bond motifs is 1. The molecular formula is C7H8F2N2O2S. The number of nitrogens with zero attached hydrogens (tertiary/aromatic N) is 2. The van der Waals surface area contributed by atoms with Crippen LogP contribution in [0.25, 0.3) is 0 Å². The van der Waals surface area contributed by atoms with Crippen LogP contribution in [0.2, 0.25) is 0 Å². The van der Waals surface area contributed by atoms with Gasteiger partial charge in [-0.1, -0.05) is 0 Å². The average molecular weight is 222 g/mol. The molecule has 1 aromatic heterocycles. The molecule has 0 spiro atoms. The van der Waals surface area contributed by atoms with E-state index in [2.05, 4.69) is 5.10 Å². The van der Waals surface area contributed by atoms with E-state index in [1.807, 2.05) is 0 Å². The van der Waals surface area contributed by atoms with Crippen LogP contribution < -0.4 is 0 Å². The Bertz CT molecular complexity index is 431. The first-order chi connectivity index (χ1) is 6.51. The van der Waals surface area contributed by atoms with Crippen LogP contribution in [-0.4, -0.2) is 24.0 Å². The number of alkyl halides is 2. The van der Waals surface area contributed by atoms with Crippen molar-refractivity contribution in [2.24, 2.45) is 0 Å². The third-order valence-corrected chi connectivity index (χ3v) is 3.42. The zero-order valence-electron chi connectivity index (χ0n) is 7.15. The predicted molar refractivity (Wildman–Crippen MR) is 43.7 cm³/mol. The van der Waals surface area contributed by atoms with E-state index >= 15 is 0 Å². The molecule has 4 nitrogen and oxygen atoms in total. The number of rotatable bonds is 2. The first kappa shape index (κ1) is 9.57. The van der Waals surface area contributed by atoms with E-state index in [4.69, 9.17) is 0 Å². The summed E-state index contributed by atoms with van der Waals surface area (Å²) in [5, 5.41) is 3.12. The number of halogens is 2. The van der Waals surface area contributed by atoms with Gasteiger partial charge in [-0.2, -0.15) is 13.9 Å². The fourth-order valence-corrected chi connectivity index (χ4v) is 2.16. The zero-order chi connectivity index (χ0) is 10.3. The average Bonchev–Trinajstić information content (AvgIpc) is 2.60. The Hall–Kier alpha value is -0.980. The molecule has 1 aromatic rings. The third kappa shape index (κ3) is 1.31. The molecule has 1 aliphatic rings. The third-order valence-electron chi connectivity index (χ3n) is 2.17. The lowest BCUT2D eigenvalue weighted by Gasteiger charge is -1.97. The maximum absolute atomic E-state index is 12.1. The first-order valence-electron chi connectivity index (χ1n) is 4.10. The van der Waals surface area contributed by atoms with Crippen LogP contribution in [0.1, 0.15) is 12.1 Å². The Kier molecular flexibility index (Phi) is 2.06. The van der Waals surface area contributed by atoms with Crippen molar-refractivity contribution in [3.63, 3.8) is 0 Å². The first-order valence-corrected chi connectivity index (χ1v) is 5.65. The summed E-state index contributed by atoms with van der Waals surface area (Å²) in [4.78, 5) is 0. The predicted octanol–water partition coefficient (Wildman–Crippen LogP) is 0.826. The second-order valence-corrected chi connectivity index (χ2v) is 4.97. The van der Waals surface area contributed by atoms with Crippen LogP contribution >= 0.6 is 0 Å². The lowest BCUT2D eigenvalue weighted by molar-refractivity contribution is 0.234. The van der Waals surface area contributed by atoms with Crippen molar-refractivity contribution in [3.05, 3.63) is 11.8 Å². The van der Waals surface area contributed by atoms with Crippen LogP contribution in [0.3, 0.4) is 0 Å². The Labute approximate surface area is 79.4 Å². The highest BCUT2D eigenvalue weighted by atomic mass is 32.2. The second kappa shape index (κ2) is 3.01. The summed E-state index contributed by atoms with van der Waals surface area (Å²) >= 11 is 0. The highest BCUT2D eigenvalue weighted by Gasteiger charge is 2.31. The standard InChI is InChI=1S/C7H8F2N2O2S/c8-7(9)14(12,13)6-4-5-2-1-3-11(5)10-6/h4,7H,1-3H2. The van der Waals surface area contributed by atoms with Gasteiger partial charge in [-0.05, 0) is 18.9 Å². The number of sulfone groups is 1. The molecule has 2 heterocycles. The van der Waals surface area contributed by atoms with E-state index in [-0.39, 0.29) is 0 Å². The van der Waals surface area contributed by atoms with Crippen molar-refractivity contribution in [2.45, 2.75) is 30.2 Å². The van der Waals surface area contributed by atoms with E-state index in [1.54, 1.807) is 0 Å². The normalized spacial score (nSPS) is 16.2. The minimum absolute atomic E-state index is 0.512. The second-order valence-electron chi connectivity index (χ2n) is 3.11. The SMILES string of the molecule is O=S(=O)(c1cc2n(n1)CCC2)C(F)F. The highest BCUT2D eigenvalue weighted by Crippen LogP contribution is 2.21. The monoisotopic (exact) mass is 222 g/mol. The minimum Gasteiger partial charge on any atom is -0.268 e. The summed E-state index contributed by atoms with van der Waals surface area (Å²) in [5.74, 6) is -3.39. The van der Waals surface area contributed by atoms with Crippen molar-refractivity contribution in [1.82, 2.24) is 9.78 Å². The molecule has 0 aromatic carbocycles. The molecular weight excluding hydrogens is 214 g/mol. The van der Waals surface area contributed by atoms with Crippen LogP contribution in [0.5, 0.6) is 0 Å². The molecule has 1 aliphatic heterocycles. The molecule has 2 rings (SSSR count). The van der Waals surface area contributed by atoms with Crippen LogP contribution in [0.4, 0.5) is 8.78 Å². The van der Waals surface area contributed by atoms with Gasteiger partial charge in [0.1, 0.15) is 0 Å². The topological polar surface area (TPSA) is 52.0 Å². The van der Waals surface area contributed by atoms with Gasteiger partial charge in [0.15, 0.2) is 5.03 Å². The molecule has 7 heteroatoms. The fourth-order valence-electron chi connectivity index (χ4n) is 1.46.